The van der Waals surface area contributed by atoms with E-state index in [0.29, 0.717) is 6.04 Å². The summed E-state index contributed by atoms with van der Waals surface area (Å²) in [6.45, 7) is 9.10. The predicted molar refractivity (Wildman–Crippen MR) is 68.1 cm³/mol. The number of likely N-dealkylation sites (N-methyl/N-ethyl adjacent to an activating group) is 1. The van der Waals surface area contributed by atoms with Crippen molar-refractivity contribution < 1.29 is 4.79 Å². The Kier molecular flexibility index (Phi) is 4.62. The van der Waals surface area contributed by atoms with Crippen molar-refractivity contribution in [1.29, 1.82) is 0 Å². The lowest BCUT2D eigenvalue weighted by molar-refractivity contribution is 0.152. The molecule has 0 unspecified atom stereocenters. The van der Waals surface area contributed by atoms with Crippen LogP contribution in [0.25, 0.3) is 0 Å². The SMILES string of the molecule is CCN(CCN1CCNC1=O)C1CCNCC1. The Morgan fingerprint density at radius 2 is 2.12 bits per heavy atom. The van der Waals surface area contributed by atoms with Crippen molar-refractivity contribution in [3.8, 4) is 0 Å². The lowest BCUT2D eigenvalue weighted by atomic mass is 10.0. The van der Waals surface area contributed by atoms with Crippen LogP contribution in [0.5, 0.6) is 0 Å². The summed E-state index contributed by atoms with van der Waals surface area (Å²) in [6, 6.07) is 0.804. The molecule has 0 aromatic rings. The summed E-state index contributed by atoms with van der Waals surface area (Å²) in [6.07, 6.45) is 2.47. The number of hydrogen-bond donors (Lipinski definition) is 2. The zero-order chi connectivity index (χ0) is 12.1. The van der Waals surface area contributed by atoms with E-state index >= 15 is 0 Å². The minimum Gasteiger partial charge on any atom is -0.336 e. The van der Waals surface area contributed by atoms with E-state index in [9.17, 15) is 4.79 Å². The minimum atomic E-state index is 0.103. The minimum absolute atomic E-state index is 0.103. The molecule has 0 saturated carbocycles. The molecule has 0 atom stereocenters. The molecule has 5 nitrogen and oxygen atoms in total. The number of carbonyl (C=O) groups is 1. The van der Waals surface area contributed by atoms with Crippen LogP contribution in [0.4, 0.5) is 4.79 Å². The van der Waals surface area contributed by atoms with Gasteiger partial charge >= 0.3 is 6.03 Å². The standard InChI is InChI=1S/C12H24N4O/c1-2-15(11-3-5-13-6-4-11)9-10-16-8-7-14-12(16)17/h11,13H,2-10H2,1H3,(H,14,17). The van der Waals surface area contributed by atoms with Crippen LogP contribution in [0.3, 0.4) is 0 Å². The topological polar surface area (TPSA) is 47.6 Å². The fourth-order valence-electron chi connectivity index (χ4n) is 2.74. The normalized spacial score (nSPS) is 22.2. The average Bonchev–Trinajstić information content (AvgIpc) is 2.77. The van der Waals surface area contributed by atoms with Crippen molar-refractivity contribution in [2.24, 2.45) is 0 Å². The molecule has 0 radical (unpaired) electrons. The van der Waals surface area contributed by atoms with Crippen molar-refractivity contribution in [3.05, 3.63) is 0 Å². The molecule has 0 bridgehead atoms. The van der Waals surface area contributed by atoms with Gasteiger partial charge in [0.2, 0.25) is 0 Å². The Morgan fingerprint density at radius 3 is 2.71 bits per heavy atom. The maximum absolute atomic E-state index is 11.4. The number of rotatable bonds is 5. The van der Waals surface area contributed by atoms with Crippen LogP contribution >= 0.6 is 0 Å². The van der Waals surface area contributed by atoms with E-state index in [4.69, 9.17) is 0 Å². The van der Waals surface area contributed by atoms with Crippen molar-refractivity contribution in [1.82, 2.24) is 20.4 Å². The molecule has 2 amide bonds. The summed E-state index contributed by atoms with van der Waals surface area (Å²) in [5.41, 5.74) is 0. The van der Waals surface area contributed by atoms with E-state index in [1.807, 2.05) is 4.90 Å². The Bertz CT molecular complexity index is 253. The van der Waals surface area contributed by atoms with Crippen LogP contribution in [0.2, 0.25) is 0 Å². The van der Waals surface area contributed by atoms with E-state index in [0.717, 1.165) is 45.8 Å². The molecular formula is C12H24N4O. The third-order valence-corrected chi connectivity index (χ3v) is 3.83. The third-order valence-electron chi connectivity index (χ3n) is 3.83. The quantitative estimate of drug-likeness (QED) is 0.716. The number of urea groups is 1. The highest BCUT2D eigenvalue weighted by atomic mass is 16.2. The van der Waals surface area contributed by atoms with Crippen molar-refractivity contribution in [2.45, 2.75) is 25.8 Å². The van der Waals surface area contributed by atoms with E-state index < -0.39 is 0 Å². The third kappa shape index (κ3) is 3.33. The predicted octanol–water partition coefficient (Wildman–Crippen LogP) is 0.0855. The second kappa shape index (κ2) is 6.21. The fraction of sp³-hybridized carbons (Fsp3) is 0.917. The van der Waals surface area contributed by atoms with Crippen LogP contribution in [0.1, 0.15) is 19.8 Å². The molecule has 2 N–H and O–H groups in total. The average molecular weight is 240 g/mol. The van der Waals surface area contributed by atoms with Crippen LogP contribution in [0.15, 0.2) is 0 Å². The molecule has 17 heavy (non-hydrogen) atoms. The zero-order valence-electron chi connectivity index (χ0n) is 10.7. The molecule has 0 aliphatic carbocycles. The molecule has 5 heteroatoms. The summed E-state index contributed by atoms with van der Waals surface area (Å²) in [5, 5.41) is 6.25. The van der Waals surface area contributed by atoms with Gasteiger partial charge in [0.05, 0.1) is 0 Å². The van der Waals surface area contributed by atoms with Gasteiger partial charge in [-0.25, -0.2) is 4.79 Å². The highest BCUT2D eigenvalue weighted by Gasteiger charge is 2.23. The summed E-state index contributed by atoms with van der Waals surface area (Å²) in [7, 11) is 0. The maximum Gasteiger partial charge on any atom is 0.317 e. The van der Waals surface area contributed by atoms with Gasteiger partial charge in [-0.1, -0.05) is 6.92 Å². The number of amides is 2. The number of piperidine rings is 1. The van der Waals surface area contributed by atoms with Gasteiger partial charge in [0.25, 0.3) is 0 Å². The number of nitrogens with one attached hydrogen (secondary N) is 2. The van der Waals surface area contributed by atoms with E-state index in [2.05, 4.69) is 22.5 Å². The van der Waals surface area contributed by atoms with Crippen molar-refractivity contribution in [3.63, 3.8) is 0 Å². The molecule has 0 aromatic carbocycles. The monoisotopic (exact) mass is 240 g/mol. The van der Waals surface area contributed by atoms with Crippen molar-refractivity contribution >= 4 is 6.03 Å². The van der Waals surface area contributed by atoms with Crippen LogP contribution < -0.4 is 10.6 Å². The van der Waals surface area contributed by atoms with E-state index in [1.165, 1.54) is 12.8 Å². The van der Waals surface area contributed by atoms with Crippen LogP contribution in [-0.4, -0.2) is 67.7 Å². The first kappa shape index (κ1) is 12.6. The van der Waals surface area contributed by atoms with Gasteiger partial charge in [-0.3, -0.25) is 4.90 Å². The van der Waals surface area contributed by atoms with Gasteiger partial charge < -0.3 is 15.5 Å². The summed E-state index contributed by atoms with van der Waals surface area (Å²) in [4.78, 5) is 15.9. The van der Waals surface area contributed by atoms with Gasteiger partial charge in [-0.05, 0) is 32.5 Å². The van der Waals surface area contributed by atoms with Gasteiger partial charge in [0.15, 0.2) is 0 Å². The first-order chi connectivity index (χ1) is 8.31. The second-order valence-corrected chi connectivity index (χ2v) is 4.83. The number of nitrogens with zero attached hydrogens (tertiary/aromatic N) is 2. The van der Waals surface area contributed by atoms with Crippen molar-refractivity contribution in [2.75, 3.05) is 45.8 Å². The molecule has 2 heterocycles. The molecule has 2 aliphatic heterocycles. The molecule has 2 aliphatic rings. The molecule has 0 spiro atoms. The summed E-state index contributed by atoms with van der Waals surface area (Å²) in [5.74, 6) is 0. The molecule has 0 aromatic heterocycles. The maximum atomic E-state index is 11.4. The first-order valence-corrected chi connectivity index (χ1v) is 6.79. The zero-order valence-corrected chi connectivity index (χ0v) is 10.7. The smallest absolute Gasteiger partial charge is 0.317 e. The summed E-state index contributed by atoms with van der Waals surface area (Å²) >= 11 is 0. The van der Waals surface area contributed by atoms with Gasteiger partial charge in [-0.15, -0.1) is 0 Å². The Labute approximate surface area is 104 Å². The number of hydrogen-bond acceptors (Lipinski definition) is 3. The largest absolute Gasteiger partial charge is 0.336 e. The molecule has 2 rings (SSSR count). The fourth-order valence-corrected chi connectivity index (χ4v) is 2.74. The van der Waals surface area contributed by atoms with E-state index in [-0.39, 0.29) is 6.03 Å². The highest BCUT2D eigenvalue weighted by molar-refractivity contribution is 5.76. The lowest BCUT2D eigenvalue weighted by Gasteiger charge is -2.34. The Balaban J connectivity index is 1.76. The number of carbonyl (C=O) groups excluding carboxylic acids is 1. The van der Waals surface area contributed by atoms with Gasteiger partial charge in [0, 0.05) is 32.2 Å². The van der Waals surface area contributed by atoms with Crippen LogP contribution in [0, 0.1) is 0 Å². The molecule has 2 saturated heterocycles. The molecular weight excluding hydrogens is 216 g/mol. The van der Waals surface area contributed by atoms with Crippen LogP contribution in [-0.2, 0) is 0 Å². The van der Waals surface area contributed by atoms with E-state index in [1.54, 1.807) is 0 Å². The molecule has 2 fully saturated rings. The second-order valence-electron chi connectivity index (χ2n) is 4.83. The van der Waals surface area contributed by atoms with Gasteiger partial charge in [0.1, 0.15) is 0 Å². The Hall–Kier alpha value is -0.810. The summed E-state index contributed by atoms with van der Waals surface area (Å²) < 4.78 is 0. The molecule has 98 valence electrons. The lowest BCUT2D eigenvalue weighted by Crippen LogP contribution is -2.46. The first-order valence-electron chi connectivity index (χ1n) is 6.79. The Morgan fingerprint density at radius 1 is 1.35 bits per heavy atom. The van der Waals surface area contributed by atoms with Gasteiger partial charge in [-0.2, -0.15) is 0 Å². The highest BCUT2D eigenvalue weighted by Crippen LogP contribution is 2.11.